The molecule has 0 saturated carbocycles. The van der Waals surface area contributed by atoms with Gasteiger partial charge in [-0.2, -0.15) is 0 Å². The summed E-state index contributed by atoms with van der Waals surface area (Å²) in [6, 6.07) is 10.4. The van der Waals surface area contributed by atoms with Crippen LogP contribution < -0.4 is 5.32 Å². The highest BCUT2D eigenvalue weighted by Crippen LogP contribution is 2.28. The van der Waals surface area contributed by atoms with E-state index in [-0.39, 0.29) is 36.1 Å². The molecule has 0 aliphatic carbocycles. The van der Waals surface area contributed by atoms with E-state index in [0.717, 1.165) is 6.42 Å². The van der Waals surface area contributed by atoms with Gasteiger partial charge in [0.05, 0.1) is 13.2 Å². The van der Waals surface area contributed by atoms with Crippen LogP contribution >= 0.6 is 0 Å². The van der Waals surface area contributed by atoms with Gasteiger partial charge in [0.15, 0.2) is 0 Å². The number of morpholine rings is 1. The predicted molar refractivity (Wildman–Crippen MR) is 98.3 cm³/mol. The van der Waals surface area contributed by atoms with E-state index in [2.05, 4.69) is 31.3 Å². The van der Waals surface area contributed by atoms with Gasteiger partial charge in [0.1, 0.15) is 0 Å². The summed E-state index contributed by atoms with van der Waals surface area (Å²) in [4.78, 5) is 26.0. The van der Waals surface area contributed by atoms with Crippen molar-refractivity contribution in [2.45, 2.75) is 51.5 Å². The molecule has 1 saturated heterocycles. The number of carbonyl (C=O) groups excluding carboxylic acids is 2. The zero-order valence-electron chi connectivity index (χ0n) is 15.6. The summed E-state index contributed by atoms with van der Waals surface area (Å²) in [6.07, 6.45) is 1.35. The largest absolute Gasteiger partial charge is 0.378 e. The maximum Gasteiger partial charge on any atom is 0.223 e. The van der Waals surface area contributed by atoms with E-state index >= 15 is 0 Å². The van der Waals surface area contributed by atoms with Crippen molar-refractivity contribution in [1.29, 1.82) is 0 Å². The third-order valence-corrected chi connectivity index (χ3v) is 4.71. The van der Waals surface area contributed by atoms with Crippen LogP contribution in [-0.2, 0) is 19.7 Å². The zero-order valence-corrected chi connectivity index (χ0v) is 15.6. The van der Waals surface area contributed by atoms with E-state index in [1.807, 2.05) is 25.1 Å². The Hall–Kier alpha value is -1.88. The first-order chi connectivity index (χ1) is 11.9. The van der Waals surface area contributed by atoms with Crippen LogP contribution in [0.2, 0.25) is 0 Å². The molecule has 1 aromatic carbocycles. The van der Waals surface area contributed by atoms with Crippen molar-refractivity contribution in [1.82, 2.24) is 10.2 Å². The molecule has 0 spiro atoms. The SMILES string of the molecule is C[C@@H](CC(C)(C)c1ccccc1)NC(=O)CCC(=O)N1CCOCC1. The van der Waals surface area contributed by atoms with Gasteiger partial charge in [-0.1, -0.05) is 44.2 Å². The Kier molecular flexibility index (Phi) is 7.00. The van der Waals surface area contributed by atoms with Crippen molar-refractivity contribution in [3.05, 3.63) is 35.9 Å². The molecule has 0 bridgehead atoms. The van der Waals surface area contributed by atoms with Gasteiger partial charge in [0.2, 0.25) is 11.8 Å². The quantitative estimate of drug-likeness (QED) is 0.825. The lowest BCUT2D eigenvalue weighted by Crippen LogP contribution is -2.41. The van der Waals surface area contributed by atoms with Crippen LogP contribution in [0.1, 0.15) is 45.6 Å². The van der Waals surface area contributed by atoms with Crippen molar-refractivity contribution in [3.8, 4) is 0 Å². The first-order valence-corrected chi connectivity index (χ1v) is 9.09. The third-order valence-electron chi connectivity index (χ3n) is 4.71. The molecular formula is C20H30N2O3. The summed E-state index contributed by atoms with van der Waals surface area (Å²) in [5, 5.41) is 3.03. The van der Waals surface area contributed by atoms with Crippen molar-refractivity contribution < 1.29 is 14.3 Å². The lowest BCUT2D eigenvalue weighted by Gasteiger charge is -2.29. The molecule has 0 radical (unpaired) electrons. The van der Waals surface area contributed by atoms with Crippen molar-refractivity contribution >= 4 is 11.8 Å². The number of hydrogen-bond acceptors (Lipinski definition) is 3. The van der Waals surface area contributed by atoms with E-state index in [1.165, 1.54) is 5.56 Å². The number of hydrogen-bond donors (Lipinski definition) is 1. The summed E-state index contributed by atoms with van der Waals surface area (Å²) in [6.45, 7) is 8.82. The number of rotatable bonds is 7. The minimum atomic E-state index is -0.0574. The van der Waals surface area contributed by atoms with Gasteiger partial charge in [-0.25, -0.2) is 0 Å². The molecule has 1 fully saturated rings. The average Bonchev–Trinajstić information content (AvgIpc) is 2.60. The molecule has 0 aromatic heterocycles. The van der Waals surface area contributed by atoms with Crippen molar-refractivity contribution in [3.63, 3.8) is 0 Å². The van der Waals surface area contributed by atoms with Gasteiger partial charge in [0.25, 0.3) is 0 Å². The minimum Gasteiger partial charge on any atom is -0.378 e. The smallest absolute Gasteiger partial charge is 0.223 e. The zero-order chi connectivity index (χ0) is 18.3. The minimum absolute atomic E-state index is 0.0163. The first kappa shape index (κ1) is 19.4. The highest BCUT2D eigenvalue weighted by atomic mass is 16.5. The Labute approximate surface area is 150 Å². The topological polar surface area (TPSA) is 58.6 Å². The lowest BCUT2D eigenvalue weighted by molar-refractivity contribution is -0.137. The fourth-order valence-corrected chi connectivity index (χ4v) is 3.36. The van der Waals surface area contributed by atoms with Crippen LogP contribution in [-0.4, -0.2) is 49.1 Å². The normalized spacial score (nSPS) is 16.4. The average molecular weight is 346 g/mol. The van der Waals surface area contributed by atoms with E-state index in [0.29, 0.717) is 26.3 Å². The number of amides is 2. The molecule has 5 heteroatoms. The summed E-state index contributed by atoms with van der Waals surface area (Å²) in [7, 11) is 0. The number of nitrogens with zero attached hydrogens (tertiary/aromatic N) is 1. The lowest BCUT2D eigenvalue weighted by atomic mass is 9.79. The summed E-state index contributed by atoms with van der Waals surface area (Å²) < 4.78 is 5.24. The molecule has 138 valence electrons. The molecule has 1 atom stereocenters. The third kappa shape index (κ3) is 6.16. The Morgan fingerprint density at radius 1 is 1.16 bits per heavy atom. The second-order valence-electron chi connectivity index (χ2n) is 7.42. The number of ether oxygens (including phenoxy) is 1. The standard InChI is InChI=1S/C20H30N2O3/c1-16(15-20(2,3)17-7-5-4-6-8-17)21-18(23)9-10-19(24)22-11-13-25-14-12-22/h4-8,16H,9-15H2,1-3H3,(H,21,23)/t16-/m0/s1. The molecule has 25 heavy (non-hydrogen) atoms. The summed E-state index contributed by atoms with van der Waals surface area (Å²) in [5.41, 5.74) is 1.25. The maximum atomic E-state index is 12.2. The highest BCUT2D eigenvalue weighted by Gasteiger charge is 2.24. The number of carbonyl (C=O) groups is 2. The molecule has 1 aliphatic rings. The van der Waals surface area contributed by atoms with Gasteiger partial charge in [-0.3, -0.25) is 9.59 Å². The number of nitrogens with one attached hydrogen (secondary N) is 1. The van der Waals surface area contributed by atoms with Crippen LogP contribution in [0.3, 0.4) is 0 Å². The summed E-state index contributed by atoms with van der Waals surface area (Å²) in [5.74, 6) is -0.0197. The van der Waals surface area contributed by atoms with Gasteiger partial charge >= 0.3 is 0 Å². The van der Waals surface area contributed by atoms with Crippen molar-refractivity contribution in [2.75, 3.05) is 26.3 Å². The van der Waals surface area contributed by atoms with E-state index in [1.54, 1.807) is 4.90 Å². The molecule has 5 nitrogen and oxygen atoms in total. The van der Waals surface area contributed by atoms with Crippen LogP contribution in [0.25, 0.3) is 0 Å². The molecule has 1 aliphatic heterocycles. The highest BCUT2D eigenvalue weighted by molar-refractivity contribution is 5.83. The molecule has 2 amide bonds. The van der Waals surface area contributed by atoms with Crippen molar-refractivity contribution in [2.24, 2.45) is 0 Å². The predicted octanol–water partition coefficient (Wildman–Crippen LogP) is 2.50. The van der Waals surface area contributed by atoms with Gasteiger partial charge in [0, 0.05) is 32.0 Å². The number of benzene rings is 1. The second kappa shape index (κ2) is 8.99. The Balaban J connectivity index is 1.75. The second-order valence-corrected chi connectivity index (χ2v) is 7.42. The maximum absolute atomic E-state index is 12.2. The first-order valence-electron chi connectivity index (χ1n) is 9.09. The van der Waals surface area contributed by atoms with Crippen LogP contribution in [0.15, 0.2) is 30.3 Å². The molecule has 2 rings (SSSR count). The summed E-state index contributed by atoms with van der Waals surface area (Å²) >= 11 is 0. The Morgan fingerprint density at radius 2 is 1.80 bits per heavy atom. The van der Waals surface area contributed by atoms with E-state index in [4.69, 9.17) is 4.74 Å². The Bertz CT molecular complexity index is 566. The van der Waals surface area contributed by atoms with Gasteiger partial charge < -0.3 is 15.0 Å². The van der Waals surface area contributed by atoms with Crippen LogP contribution in [0, 0.1) is 0 Å². The Morgan fingerprint density at radius 3 is 2.44 bits per heavy atom. The molecule has 1 N–H and O–H groups in total. The van der Waals surface area contributed by atoms with Gasteiger partial charge in [-0.05, 0) is 24.3 Å². The molecule has 0 unspecified atom stereocenters. The monoisotopic (exact) mass is 346 g/mol. The van der Waals surface area contributed by atoms with E-state index in [9.17, 15) is 9.59 Å². The molecule has 1 heterocycles. The molecule has 1 aromatic rings. The fourth-order valence-electron chi connectivity index (χ4n) is 3.36. The van der Waals surface area contributed by atoms with Crippen LogP contribution in [0.4, 0.5) is 0 Å². The van der Waals surface area contributed by atoms with Gasteiger partial charge in [-0.15, -0.1) is 0 Å². The van der Waals surface area contributed by atoms with E-state index < -0.39 is 0 Å². The van der Waals surface area contributed by atoms with Crippen LogP contribution in [0.5, 0.6) is 0 Å². The molecular weight excluding hydrogens is 316 g/mol. The fraction of sp³-hybridized carbons (Fsp3) is 0.600.